The van der Waals surface area contributed by atoms with E-state index in [2.05, 4.69) is 20.3 Å². The Morgan fingerprint density at radius 1 is 1.00 bits per heavy atom. The van der Waals surface area contributed by atoms with Crippen molar-refractivity contribution in [3.05, 3.63) is 71.9 Å². The second-order valence-electron chi connectivity index (χ2n) is 5.49. The number of nitrogens with zero attached hydrogens (tertiary/aromatic N) is 3. The summed E-state index contributed by atoms with van der Waals surface area (Å²) < 4.78 is 5.72. The van der Waals surface area contributed by atoms with Gasteiger partial charge in [0.05, 0.1) is 15.9 Å². The Morgan fingerprint density at radius 2 is 1.73 bits per heavy atom. The number of H-pyrrole nitrogens is 1. The first-order valence-corrected chi connectivity index (χ1v) is 7.78. The molecule has 0 amide bonds. The number of fused-ring (bicyclic) bond motifs is 1. The predicted octanol–water partition coefficient (Wildman–Crippen LogP) is 4.29. The average molecular weight is 348 g/mol. The molecule has 0 spiro atoms. The minimum absolute atomic E-state index is 0.130. The van der Waals surface area contributed by atoms with Gasteiger partial charge in [-0.2, -0.15) is 0 Å². The number of pyridine rings is 1. The van der Waals surface area contributed by atoms with E-state index in [9.17, 15) is 4.91 Å². The highest BCUT2D eigenvalue weighted by Gasteiger charge is 2.13. The van der Waals surface area contributed by atoms with Gasteiger partial charge in [-0.05, 0) is 42.5 Å². The Bertz CT molecular complexity index is 1060. The number of nitrogens with one attached hydrogen (secondary N) is 2. The minimum atomic E-state index is -0.186. The van der Waals surface area contributed by atoms with Crippen molar-refractivity contribution in [1.29, 1.82) is 0 Å². The highest BCUT2D eigenvalue weighted by Crippen LogP contribution is 2.25. The fraction of sp³-hybridized carbons (Fsp3) is 0. The van der Waals surface area contributed by atoms with Crippen LogP contribution in [0.25, 0.3) is 11.0 Å². The lowest BCUT2D eigenvalue weighted by Crippen LogP contribution is -1.92. The highest BCUT2D eigenvalue weighted by atomic mass is 16.6. The van der Waals surface area contributed by atoms with Crippen LogP contribution in [0.3, 0.4) is 0 Å². The zero-order valence-corrected chi connectivity index (χ0v) is 13.5. The zero-order chi connectivity index (χ0) is 17.9. The molecule has 0 aliphatic heterocycles. The first-order valence-electron chi connectivity index (χ1n) is 7.78. The first-order chi connectivity index (χ1) is 12.7. The summed E-state index contributed by atoms with van der Waals surface area (Å²) in [4.78, 5) is 22.2. The van der Waals surface area contributed by atoms with Crippen LogP contribution in [0.5, 0.6) is 11.5 Å². The SMILES string of the molecule is O=[N+](O)c1ccc2nc(Nc3ccc(Oc4ccncc4)cc3)[nH]c2c1. The van der Waals surface area contributed by atoms with Gasteiger partial charge >= 0.3 is 5.69 Å². The Hall–Kier alpha value is -3.94. The van der Waals surface area contributed by atoms with Gasteiger partial charge in [0.2, 0.25) is 5.95 Å². The molecule has 0 atom stereocenters. The van der Waals surface area contributed by atoms with Crippen LogP contribution in [-0.4, -0.2) is 25.1 Å². The largest absolute Gasteiger partial charge is 0.457 e. The van der Waals surface area contributed by atoms with Gasteiger partial charge in [-0.3, -0.25) is 4.98 Å². The van der Waals surface area contributed by atoms with Crippen LogP contribution in [0.4, 0.5) is 17.3 Å². The van der Waals surface area contributed by atoms with Crippen molar-refractivity contribution in [2.75, 3.05) is 5.32 Å². The maximum absolute atomic E-state index is 11.0. The smallest absolute Gasteiger partial charge is 0.318 e. The maximum Gasteiger partial charge on any atom is 0.318 e. The van der Waals surface area contributed by atoms with Crippen LogP contribution in [0.1, 0.15) is 0 Å². The molecule has 26 heavy (non-hydrogen) atoms. The molecule has 4 aromatic rings. The number of imidazole rings is 1. The summed E-state index contributed by atoms with van der Waals surface area (Å²) in [6, 6.07) is 15.6. The molecule has 0 saturated heterocycles. The molecule has 0 unspecified atom stereocenters. The number of aromatic amines is 1. The van der Waals surface area contributed by atoms with Crippen molar-refractivity contribution in [2.24, 2.45) is 0 Å². The van der Waals surface area contributed by atoms with E-state index in [-0.39, 0.29) is 10.6 Å². The average Bonchev–Trinajstić information content (AvgIpc) is 3.05. The Kier molecular flexibility index (Phi) is 3.91. The van der Waals surface area contributed by atoms with Gasteiger partial charge in [-0.1, -0.05) is 0 Å². The quantitative estimate of drug-likeness (QED) is 0.465. The van der Waals surface area contributed by atoms with Gasteiger partial charge in [-0.15, -0.1) is 0 Å². The van der Waals surface area contributed by atoms with Crippen molar-refractivity contribution in [3.8, 4) is 11.5 Å². The van der Waals surface area contributed by atoms with E-state index in [1.165, 1.54) is 12.1 Å². The third-order valence-electron chi connectivity index (χ3n) is 3.69. The third kappa shape index (κ3) is 3.29. The number of ether oxygens (including phenoxy) is 1. The Balaban J connectivity index is 1.50. The molecule has 128 valence electrons. The van der Waals surface area contributed by atoms with Crippen LogP contribution < -0.4 is 10.1 Å². The summed E-state index contributed by atoms with van der Waals surface area (Å²) in [5, 5.41) is 12.1. The maximum atomic E-state index is 11.0. The summed E-state index contributed by atoms with van der Waals surface area (Å²) in [6.45, 7) is 0. The summed E-state index contributed by atoms with van der Waals surface area (Å²) in [5.74, 6) is 1.94. The van der Waals surface area contributed by atoms with Crippen LogP contribution >= 0.6 is 0 Å². The van der Waals surface area contributed by atoms with E-state index in [1.807, 2.05) is 24.3 Å². The van der Waals surface area contributed by atoms with Gasteiger partial charge < -0.3 is 15.0 Å². The lowest BCUT2D eigenvalue weighted by atomic mass is 10.3. The first kappa shape index (κ1) is 15.6. The summed E-state index contributed by atoms with van der Waals surface area (Å²) >= 11 is 0. The molecule has 0 aliphatic rings. The topological polar surface area (TPSA) is 103 Å². The normalized spacial score (nSPS) is 10.6. The number of benzene rings is 2. The van der Waals surface area contributed by atoms with E-state index in [0.29, 0.717) is 28.5 Å². The van der Waals surface area contributed by atoms with Crippen LogP contribution in [0.2, 0.25) is 0 Å². The Labute approximate surface area is 147 Å². The van der Waals surface area contributed by atoms with Gasteiger partial charge in [0.25, 0.3) is 4.92 Å². The highest BCUT2D eigenvalue weighted by molar-refractivity contribution is 5.80. The molecule has 8 nitrogen and oxygen atoms in total. The molecule has 2 heterocycles. The predicted molar refractivity (Wildman–Crippen MR) is 95.2 cm³/mol. The van der Waals surface area contributed by atoms with Crippen LogP contribution in [0.15, 0.2) is 67.0 Å². The van der Waals surface area contributed by atoms with Crippen LogP contribution in [-0.2, 0) is 0 Å². The van der Waals surface area contributed by atoms with Gasteiger partial charge in [-0.25, -0.2) is 10.2 Å². The second kappa shape index (κ2) is 6.52. The van der Waals surface area contributed by atoms with Crippen molar-refractivity contribution < 1.29 is 14.9 Å². The molecule has 0 aliphatic carbocycles. The monoisotopic (exact) mass is 348 g/mol. The summed E-state index contributed by atoms with van der Waals surface area (Å²) in [6.07, 6.45) is 3.34. The molecular formula is C18H14N5O3+. The fourth-order valence-corrected chi connectivity index (χ4v) is 2.46. The standard InChI is InChI=1S/C18H14N5O3/c24-23(25)13-3-6-16-17(11-13)22-18(21-16)20-12-1-4-14(5-2-12)26-15-7-9-19-10-8-15/h1-11H,(H,24,25)(H2,20,21,22)/q+1. The van der Waals surface area contributed by atoms with Gasteiger partial charge in [0, 0.05) is 30.2 Å². The molecule has 0 bridgehead atoms. The number of aromatic nitrogens is 3. The zero-order valence-electron chi connectivity index (χ0n) is 13.5. The molecule has 2 aromatic carbocycles. The van der Waals surface area contributed by atoms with Gasteiger partial charge in [0.15, 0.2) is 0 Å². The lowest BCUT2D eigenvalue weighted by Gasteiger charge is -2.07. The van der Waals surface area contributed by atoms with Crippen molar-refractivity contribution in [1.82, 2.24) is 15.0 Å². The van der Waals surface area contributed by atoms with E-state index >= 15 is 0 Å². The minimum Gasteiger partial charge on any atom is -0.457 e. The van der Waals surface area contributed by atoms with E-state index in [1.54, 1.807) is 30.6 Å². The lowest BCUT2D eigenvalue weighted by molar-refractivity contribution is -0.729. The Morgan fingerprint density at radius 3 is 2.46 bits per heavy atom. The summed E-state index contributed by atoms with van der Waals surface area (Å²) in [7, 11) is 0. The fourth-order valence-electron chi connectivity index (χ4n) is 2.46. The van der Waals surface area contributed by atoms with Crippen molar-refractivity contribution >= 4 is 28.4 Å². The molecule has 2 aromatic heterocycles. The summed E-state index contributed by atoms with van der Waals surface area (Å²) in [5.41, 5.74) is 2.26. The molecule has 4 rings (SSSR count). The third-order valence-corrected chi connectivity index (χ3v) is 3.69. The van der Waals surface area contributed by atoms with Crippen LogP contribution in [0, 0.1) is 4.91 Å². The van der Waals surface area contributed by atoms with E-state index in [4.69, 9.17) is 9.94 Å². The number of anilines is 2. The number of hydrogen-bond donors (Lipinski definition) is 3. The number of rotatable bonds is 5. The molecular weight excluding hydrogens is 334 g/mol. The number of hydrogen-bond acceptors (Lipinski definition) is 5. The second-order valence-corrected chi connectivity index (χ2v) is 5.49. The van der Waals surface area contributed by atoms with E-state index in [0.717, 1.165) is 5.69 Å². The molecule has 3 N–H and O–H groups in total. The molecule has 8 heteroatoms. The molecule has 0 fully saturated rings. The molecule has 0 radical (unpaired) electrons. The van der Waals surface area contributed by atoms with Crippen molar-refractivity contribution in [2.45, 2.75) is 0 Å². The van der Waals surface area contributed by atoms with E-state index < -0.39 is 0 Å². The molecule has 0 saturated carbocycles. The van der Waals surface area contributed by atoms with Gasteiger partial charge in [0.1, 0.15) is 11.5 Å². The van der Waals surface area contributed by atoms with Crippen molar-refractivity contribution in [3.63, 3.8) is 0 Å².